The predicted octanol–water partition coefficient (Wildman–Crippen LogP) is 3.81. The van der Waals surface area contributed by atoms with Crippen molar-refractivity contribution in [2.24, 2.45) is 0 Å². The Hall–Kier alpha value is -1.26. The molecule has 3 nitrogen and oxygen atoms in total. The molecular formula is C16H21BrN2O. The van der Waals surface area contributed by atoms with E-state index in [1.54, 1.807) is 7.11 Å². The molecule has 1 aromatic carbocycles. The zero-order valence-electron chi connectivity index (χ0n) is 12.0. The Morgan fingerprint density at radius 1 is 1.30 bits per heavy atom. The molecular weight excluding hydrogens is 316 g/mol. The summed E-state index contributed by atoms with van der Waals surface area (Å²) in [4.78, 5) is 0. The molecule has 0 spiro atoms. The topological polar surface area (TPSA) is 26.2 Å². The minimum absolute atomic E-state index is 0.839. The molecule has 0 unspecified atom stereocenters. The Kier molecular flexibility index (Phi) is 5.68. The number of nitrogens with zero attached hydrogens (tertiary/aromatic N) is 1. The highest BCUT2D eigenvalue weighted by molar-refractivity contribution is 9.10. The lowest BCUT2D eigenvalue weighted by atomic mass is 10.2. The summed E-state index contributed by atoms with van der Waals surface area (Å²) in [5.74, 6) is 0.889. The van der Waals surface area contributed by atoms with Crippen LogP contribution in [0.25, 0.3) is 0 Å². The van der Waals surface area contributed by atoms with Crippen molar-refractivity contribution in [3.8, 4) is 5.75 Å². The van der Waals surface area contributed by atoms with E-state index in [4.69, 9.17) is 4.74 Å². The van der Waals surface area contributed by atoms with Gasteiger partial charge in [-0.3, -0.25) is 0 Å². The zero-order chi connectivity index (χ0) is 14.4. The van der Waals surface area contributed by atoms with Gasteiger partial charge in [-0.05, 0) is 48.4 Å². The number of benzene rings is 1. The Morgan fingerprint density at radius 2 is 2.15 bits per heavy atom. The van der Waals surface area contributed by atoms with Crippen LogP contribution >= 0.6 is 15.9 Å². The first-order valence-electron chi connectivity index (χ1n) is 6.90. The molecule has 0 aliphatic rings. The fourth-order valence-electron chi connectivity index (χ4n) is 2.10. The number of hydrogen-bond acceptors (Lipinski definition) is 2. The van der Waals surface area contributed by atoms with Crippen LogP contribution in [0.1, 0.15) is 24.5 Å². The minimum atomic E-state index is 0.839. The summed E-state index contributed by atoms with van der Waals surface area (Å²) in [6.07, 6.45) is 5.47. The molecule has 0 fully saturated rings. The van der Waals surface area contributed by atoms with Gasteiger partial charge < -0.3 is 14.6 Å². The smallest absolute Gasteiger partial charge is 0.119 e. The van der Waals surface area contributed by atoms with Crippen LogP contribution in [0.4, 0.5) is 0 Å². The summed E-state index contributed by atoms with van der Waals surface area (Å²) < 4.78 is 8.58. The van der Waals surface area contributed by atoms with Gasteiger partial charge in [0, 0.05) is 30.0 Å². The Morgan fingerprint density at radius 3 is 2.90 bits per heavy atom. The lowest BCUT2D eigenvalue weighted by molar-refractivity contribution is 0.414. The molecule has 20 heavy (non-hydrogen) atoms. The highest BCUT2D eigenvalue weighted by atomic mass is 79.9. The largest absolute Gasteiger partial charge is 0.497 e. The van der Waals surface area contributed by atoms with Gasteiger partial charge in [-0.15, -0.1) is 0 Å². The van der Waals surface area contributed by atoms with Crippen LogP contribution < -0.4 is 10.1 Å². The molecule has 0 saturated heterocycles. The Labute approximate surface area is 129 Å². The van der Waals surface area contributed by atoms with Crippen molar-refractivity contribution in [2.75, 3.05) is 13.7 Å². The van der Waals surface area contributed by atoms with E-state index in [1.165, 1.54) is 11.1 Å². The summed E-state index contributed by atoms with van der Waals surface area (Å²) in [5, 5.41) is 3.42. The van der Waals surface area contributed by atoms with E-state index >= 15 is 0 Å². The third kappa shape index (κ3) is 4.12. The third-order valence-corrected chi connectivity index (χ3v) is 3.95. The van der Waals surface area contributed by atoms with Crippen LogP contribution in [0.15, 0.2) is 41.1 Å². The lowest BCUT2D eigenvalue weighted by Crippen LogP contribution is -2.13. The average molecular weight is 337 g/mol. The van der Waals surface area contributed by atoms with E-state index in [0.717, 1.165) is 36.3 Å². The van der Waals surface area contributed by atoms with E-state index in [9.17, 15) is 0 Å². The van der Waals surface area contributed by atoms with Crippen molar-refractivity contribution < 1.29 is 4.74 Å². The predicted molar refractivity (Wildman–Crippen MR) is 86.2 cm³/mol. The van der Waals surface area contributed by atoms with Crippen LogP contribution in [-0.4, -0.2) is 18.2 Å². The number of halogens is 1. The Balaban J connectivity index is 2.03. The number of aromatic nitrogens is 1. The summed E-state index contributed by atoms with van der Waals surface area (Å²) in [7, 11) is 1.69. The molecule has 0 atom stereocenters. The van der Waals surface area contributed by atoms with Gasteiger partial charge >= 0.3 is 0 Å². The zero-order valence-corrected chi connectivity index (χ0v) is 13.6. The standard InChI is InChI=1S/C16H21BrN2O/c1-3-7-18-10-13-6-8-19(11-13)12-14-9-15(20-2)4-5-16(14)17/h4-6,8-9,11,18H,3,7,10,12H2,1-2H3. The quantitative estimate of drug-likeness (QED) is 0.778. The van der Waals surface area contributed by atoms with Gasteiger partial charge in [0.1, 0.15) is 5.75 Å². The van der Waals surface area contributed by atoms with Crippen LogP contribution in [0.3, 0.4) is 0 Å². The average Bonchev–Trinajstić information content (AvgIpc) is 2.89. The van der Waals surface area contributed by atoms with E-state index in [1.807, 2.05) is 12.1 Å². The van der Waals surface area contributed by atoms with Crippen LogP contribution in [0.5, 0.6) is 5.75 Å². The summed E-state index contributed by atoms with van der Waals surface area (Å²) in [6, 6.07) is 8.22. The first-order chi connectivity index (χ1) is 9.72. The number of hydrogen-bond donors (Lipinski definition) is 1. The number of rotatable bonds is 7. The molecule has 0 bridgehead atoms. The van der Waals surface area contributed by atoms with Crippen LogP contribution in [0.2, 0.25) is 0 Å². The van der Waals surface area contributed by atoms with E-state index in [-0.39, 0.29) is 0 Å². The second-order valence-electron chi connectivity index (χ2n) is 4.83. The monoisotopic (exact) mass is 336 g/mol. The minimum Gasteiger partial charge on any atom is -0.497 e. The van der Waals surface area contributed by atoms with Gasteiger partial charge in [-0.25, -0.2) is 0 Å². The second kappa shape index (κ2) is 7.50. The molecule has 0 saturated carbocycles. The van der Waals surface area contributed by atoms with Gasteiger partial charge in [0.05, 0.1) is 7.11 Å². The highest BCUT2D eigenvalue weighted by Crippen LogP contribution is 2.23. The molecule has 108 valence electrons. The number of ether oxygens (including phenoxy) is 1. The van der Waals surface area contributed by atoms with Crippen molar-refractivity contribution in [3.63, 3.8) is 0 Å². The third-order valence-electron chi connectivity index (χ3n) is 3.17. The van der Waals surface area contributed by atoms with E-state index < -0.39 is 0 Å². The summed E-state index contributed by atoms with van der Waals surface area (Å²) >= 11 is 3.59. The van der Waals surface area contributed by atoms with Crippen molar-refractivity contribution in [1.82, 2.24) is 9.88 Å². The van der Waals surface area contributed by atoms with Gasteiger partial charge in [0.2, 0.25) is 0 Å². The number of methoxy groups -OCH3 is 1. The SMILES string of the molecule is CCCNCc1ccn(Cc2cc(OC)ccc2Br)c1. The molecule has 2 aromatic rings. The van der Waals surface area contributed by atoms with Gasteiger partial charge in [0.15, 0.2) is 0 Å². The van der Waals surface area contributed by atoms with E-state index in [2.05, 4.69) is 57.3 Å². The van der Waals surface area contributed by atoms with Crippen LogP contribution in [-0.2, 0) is 13.1 Å². The maximum atomic E-state index is 5.28. The maximum Gasteiger partial charge on any atom is 0.119 e. The molecule has 1 heterocycles. The highest BCUT2D eigenvalue weighted by Gasteiger charge is 2.04. The molecule has 2 rings (SSSR count). The molecule has 1 N–H and O–H groups in total. The Bertz CT molecular complexity index is 551. The van der Waals surface area contributed by atoms with Crippen molar-refractivity contribution >= 4 is 15.9 Å². The molecule has 0 aliphatic heterocycles. The molecule has 0 aliphatic carbocycles. The van der Waals surface area contributed by atoms with Gasteiger partial charge in [-0.1, -0.05) is 22.9 Å². The fraction of sp³-hybridized carbons (Fsp3) is 0.375. The first-order valence-corrected chi connectivity index (χ1v) is 7.70. The summed E-state index contributed by atoms with van der Waals surface area (Å²) in [6.45, 7) is 5.01. The van der Waals surface area contributed by atoms with Crippen molar-refractivity contribution in [1.29, 1.82) is 0 Å². The van der Waals surface area contributed by atoms with Crippen molar-refractivity contribution in [2.45, 2.75) is 26.4 Å². The first kappa shape index (κ1) is 15.1. The normalized spacial score (nSPS) is 10.8. The van der Waals surface area contributed by atoms with Gasteiger partial charge in [-0.2, -0.15) is 0 Å². The van der Waals surface area contributed by atoms with Crippen LogP contribution in [0, 0.1) is 0 Å². The molecule has 1 aromatic heterocycles. The summed E-state index contributed by atoms with van der Waals surface area (Å²) in [5.41, 5.74) is 2.53. The lowest BCUT2D eigenvalue weighted by Gasteiger charge is -2.08. The van der Waals surface area contributed by atoms with Gasteiger partial charge in [0.25, 0.3) is 0 Å². The van der Waals surface area contributed by atoms with E-state index in [0.29, 0.717) is 0 Å². The molecule has 0 radical (unpaired) electrons. The second-order valence-corrected chi connectivity index (χ2v) is 5.68. The molecule has 4 heteroatoms. The van der Waals surface area contributed by atoms with Crippen molar-refractivity contribution in [3.05, 3.63) is 52.3 Å². The fourth-order valence-corrected chi connectivity index (χ4v) is 2.47. The maximum absolute atomic E-state index is 5.28. The molecule has 0 amide bonds. The number of nitrogens with one attached hydrogen (secondary N) is 1.